The molecule has 3 nitrogen and oxygen atoms in total. The van der Waals surface area contributed by atoms with Crippen LogP contribution >= 0.6 is 0 Å². The minimum Gasteiger partial charge on any atom is -0.314 e. The van der Waals surface area contributed by atoms with Crippen LogP contribution in [-0.2, 0) is 6.42 Å². The van der Waals surface area contributed by atoms with Gasteiger partial charge >= 0.3 is 0 Å². The monoisotopic (exact) mass is 357 g/mol. The first-order valence-corrected chi connectivity index (χ1v) is 10.7. The van der Waals surface area contributed by atoms with E-state index in [1.54, 1.807) is 0 Å². The second kappa shape index (κ2) is 8.86. The van der Waals surface area contributed by atoms with Crippen molar-refractivity contribution in [1.29, 1.82) is 0 Å². The van der Waals surface area contributed by atoms with Crippen LogP contribution in [0.15, 0.2) is 30.3 Å². The van der Waals surface area contributed by atoms with Gasteiger partial charge in [0.2, 0.25) is 0 Å². The average molecular weight is 358 g/mol. The van der Waals surface area contributed by atoms with Crippen LogP contribution in [0.3, 0.4) is 0 Å². The molecule has 0 aliphatic carbocycles. The summed E-state index contributed by atoms with van der Waals surface area (Å²) in [4.78, 5) is 5.15. The Morgan fingerprint density at radius 2 is 1.77 bits per heavy atom. The summed E-state index contributed by atoms with van der Waals surface area (Å²) in [5.41, 5.74) is 1.95. The lowest BCUT2D eigenvalue weighted by molar-refractivity contribution is 0.0709. The van der Waals surface area contributed by atoms with Gasteiger partial charge < -0.3 is 10.2 Å². The fourth-order valence-electron chi connectivity index (χ4n) is 5.07. The van der Waals surface area contributed by atoms with Crippen molar-refractivity contribution in [2.75, 3.05) is 39.8 Å². The van der Waals surface area contributed by atoms with Crippen LogP contribution in [0.2, 0.25) is 0 Å². The maximum atomic E-state index is 3.86. The van der Waals surface area contributed by atoms with Crippen LogP contribution in [0.1, 0.15) is 45.6 Å². The van der Waals surface area contributed by atoms with Crippen molar-refractivity contribution in [1.82, 2.24) is 15.1 Å². The zero-order valence-electron chi connectivity index (χ0n) is 17.4. The molecule has 0 radical (unpaired) electrons. The van der Waals surface area contributed by atoms with Crippen molar-refractivity contribution >= 4 is 0 Å². The summed E-state index contributed by atoms with van der Waals surface area (Å²) in [6, 6.07) is 12.5. The summed E-state index contributed by atoms with van der Waals surface area (Å²) < 4.78 is 0. The fraction of sp³-hybridized carbons (Fsp3) is 0.739. The third-order valence-electron chi connectivity index (χ3n) is 7.12. The Morgan fingerprint density at radius 1 is 1.08 bits per heavy atom. The molecular weight excluding hydrogens is 318 g/mol. The number of hydrogen-bond donors (Lipinski definition) is 1. The molecule has 3 heteroatoms. The Kier molecular flexibility index (Phi) is 6.76. The van der Waals surface area contributed by atoms with Crippen molar-refractivity contribution in [2.45, 2.75) is 58.5 Å². The molecule has 2 fully saturated rings. The Labute approximate surface area is 161 Å². The predicted octanol–water partition coefficient (Wildman–Crippen LogP) is 3.65. The number of hydrogen-bond acceptors (Lipinski definition) is 3. The summed E-state index contributed by atoms with van der Waals surface area (Å²) in [5.74, 6) is 0.728. The van der Waals surface area contributed by atoms with E-state index in [1.807, 2.05) is 0 Å². The van der Waals surface area contributed by atoms with Gasteiger partial charge in [0.05, 0.1) is 0 Å². The number of nitrogens with one attached hydrogen (secondary N) is 1. The highest BCUT2D eigenvalue weighted by Gasteiger charge is 2.39. The molecule has 1 aromatic rings. The molecule has 0 saturated carbocycles. The molecule has 3 unspecified atom stereocenters. The van der Waals surface area contributed by atoms with Gasteiger partial charge in [-0.05, 0) is 63.1 Å². The highest BCUT2D eigenvalue weighted by molar-refractivity contribution is 5.17. The molecule has 3 rings (SSSR count). The molecule has 26 heavy (non-hydrogen) atoms. The first kappa shape index (κ1) is 19.9. The summed E-state index contributed by atoms with van der Waals surface area (Å²) in [5, 5.41) is 3.86. The minimum atomic E-state index is 0.444. The fourth-order valence-corrected chi connectivity index (χ4v) is 5.07. The van der Waals surface area contributed by atoms with E-state index >= 15 is 0 Å². The molecule has 3 atom stereocenters. The maximum Gasteiger partial charge on any atom is 0.0113 e. The van der Waals surface area contributed by atoms with E-state index in [9.17, 15) is 0 Å². The van der Waals surface area contributed by atoms with Crippen molar-refractivity contribution in [2.24, 2.45) is 11.3 Å². The number of piperazine rings is 1. The zero-order valence-corrected chi connectivity index (χ0v) is 17.4. The van der Waals surface area contributed by atoms with Gasteiger partial charge in [0.25, 0.3) is 0 Å². The Morgan fingerprint density at radius 3 is 2.42 bits per heavy atom. The van der Waals surface area contributed by atoms with Gasteiger partial charge in [0, 0.05) is 38.3 Å². The summed E-state index contributed by atoms with van der Waals surface area (Å²) in [6.45, 7) is 13.4. The Bertz CT molecular complexity index is 536. The summed E-state index contributed by atoms with van der Waals surface area (Å²) >= 11 is 0. The van der Waals surface area contributed by atoms with Gasteiger partial charge in [-0.25, -0.2) is 0 Å². The minimum absolute atomic E-state index is 0.444. The molecule has 2 aliphatic heterocycles. The SMILES string of the molecule is CC(CC1CC(Cc2ccccc2)(C(C)C)CCN1)N1CCN(C)CC1. The Hall–Kier alpha value is -0.900. The van der Waals surface area contributed by atoms with E-state index in [0.717, 1.165) is 5.92 Å². The first-order chi connectivity index (χ1) is 12.5. The van der Waals surface area contributed by atoms with E-state index in [4.69, 9.17) is 0 Å². The molecule has 0 spiro atoms. The van der Waals surface area contributed by atoms with Crippen LogP contribution in [0.4, 0.5) is 0 Å². The van der Waals surface area contributed by atoms with E-state index in [-0.39, 0.29) is 0 Å². The number of piperidine rings is 1. The molecular formula is C23H39N3. The number of likely N-dealkylation sites (N-methyl/N-ethyl adjacent to an activating group) is 1. The quantitative estimate of drug-likeness (QED) is 0.838. The van der Waals surface area contributed by atoms with E-state index in [2.05, 4.69) is 73.3 Å². The van der Waals surface area contributed by atoms with Crippen molar-refractivity contribution < 1.29 is 0 Å². The summed E-state index contributed by atoms with van der Waals surface area (Å²) in [6.07, 6.45) is 5.14. The largest absolute Gasteiger partial charge is 0.314 e. The second-order valence-electron chi connectivity index (χ2n) is 9.21. The second-order valence-corrected chi connectivity index (χ2v) is 9.21. The third kappa shape index (κ3) is 4.88. The lowest BCUT2D eigenvalue weighted by Gasteiger charge is -2.46. The smallest absolute Gasteiger partial charge is 0.0113 e. The average Bonchev–Trinajstić information content (AvgIpc) is 2.63. The third-order valence-corrected chi connectivity index (χ3v) is 7.12. The van der Waals surface area contributed by atoms with Gasteiger partial charge in [0.15, 0.2) is 0 Å². The molecule has 0 bridgehead atoms. The van der Waals surface area contributed by atoms with Crippen molar-refractivity contribution in [3.8, 4) is 0 Å². The number of rotatable bonds is 6. The van der Waals surface area contributed by atoms with Crippen LogP contribution in [0.25, 0.3) is 0 Å². The van der Waals surface area contributed by atoms with Crippen molar-refractivity contribution in [3.05, 3.63) is 35.9 Å². The van der Waals surface area contributed by atoms with Crippen LogP contribution < -0.4 is 5.32 Å². The molecule has 0 amide bonds. The molecule has 146 valence electrons. The molecule has 2 saturated heterocycles. The zero-order chi connectivity index (χ0) is 18.6. The van der Waals surface area contributed by atoms with Crippen LogP contribution in [0.5, 0.6) is 0 Å². The highest BCUT2D eigenvalue weighted by atomic mass is 15.3. The Balaban J connectivity index is 1.62. The molecule has 2 heterocycles. The van der Waals surface area contributed by atoms with Gasteiger partial charge in [-0.15, -0.1) is 0 Å². The van der Waals surface area contributed by atoms with E-state index < -0.39 is 0 Å². The highest BCUT2D eigenvalue weighted by Crippen LogP contribution is 2.42. The van der Waals surface area contributed by atoms with E-state index in [1.165, 1.54) is 64.0 Å². The normalized spacial score (nSPS) is 29.8. The van der Waals surface area contributed by atoms with Crippen molar-refractivity contribution in [3.63, 3.8) is 0 Å². The first-order valence-electron chi connectivity index (χ1n) is 10.7. The van der Waals surface area contributed by atoms with Gasteiger partial charge in [-0.2, -0.15) is 0 Å². The topological polar surface area (TPSA) is 18.5 Å². The molecule has 0 aromatic heterocycles. The lowest BCUT2D eigenvalue weighted by atomic mass is 9.64. The van der Waals surface area contributed by atoms with Gasteiger partial charge in [-0.3, -0.25) is 4.90 Å². The number of nitrogens with zero attached hydrogens (tertiary/aromatic N) is 2. The predicted molar refractivity (Wildman–Crippen MR) is 112 cm³/mol. The molecule has 2 aliphatic rings. The van der Waals surface area contributed by atoms with Gasteiger partial charge in [-0.1, -0.05) is 44.2 Å². The number of benzene rings is 1. The lowest BCUT2D eigenvalue weighted by Crippen LogP contribution is -2.52. The van der Waals surface area contributed by atoms with Gasteiger partial charge in [0.1, 0.15) is 0 Å². The molecule has 1 aromatic carbocycles. The van der Waals surface area contributed by atoms with E-state index in [0.29, 0.717) is 17.5 Å². The maximum absolute atomic E-state index is 3.86. The standard InChI is InChI=1S/C23H39N3/c1-19(2)23(17-21-8-6-5-7-9-21)10-11-24-22(18-23)16-20(3)26-14-12-25(4)13-15-26/h5-9,19-20,22,24H,10-18H2,1-4H3. The molecule has 1 N–H and O–H groups in total. The summed E-state index contributed by atoms with van der Waals surface area (Å²) in [7, 11) is 2.24. The van der Waals surface area contributed by atoms with Crippen LogP contribution in [-0.4, -0.2) is 61.7 Å². The van der Waals surface area contributed by atoms with Crippen LogP contribution in [0, 0.1) is 11.3 Å².